The SMILES string of the molecule is CC(C)c1ccc(N2CCCC(C#N)C2(C)C)cc1. The highest BCUT2D eigenvalue weighted by Gasteiger charge is 2.38. The summed E-state index contributed by atoms with van der Waals surface area (Å²) in [5.74, 6) is 0.682. The molecule has 0 bridgehead atoms. The lowest BCUT2D eigenvalue weighted by atomic mass is 9.79. The van der Waals surface area contributed by atoms with Gasteiger partial charge in [0, 0.05) is 12.2 Å². The van der Waals surface area contributed by atoms with E-state index in [1.54, 1.807) is 0 Å². The van der Waals surface area contributed by atoms with Gasteiger partial charge in [0.05, 0.1) is 17.5 Å². The number of nitrogens with zero attached hydrogens (tertiary/aromatic N) is 2. The minimum atomic E-state index is -0.0770. The van der Waals surface area contributed by atoms with E-state index in [9.17, 15) is 5.26 Å². The third-order valence-electron chi connectivity index (χ3n) is 4.45. The van der Waals surface area contributed by atoms with Gasteiger partial charge in [-0.3, -0.25) is 0 Å². The zero-order valence-corrected chi connectivity index (χ0v) is 12.5. The van der Waals surface area contributed by atoms with Crippen molar-refractivity contribution in [3.05, 3.63) is 29.8 Å². The number of hydrogen-bond donors (Lipinski definition) is 0. The Kier molecular flexibility index (Phi) is 3.85. The van der Waals surface area contributed by atoms with E-state index in [0.29, 0.717) is 5.92 Å². The normalized spacial score (nSPS) is 22.3. The van der Waals surface area contributed by atoms with E-state index in [0.717, 1.165) is 19.4 Å². The summed E-state index contributed by atoms with van der Waals surface area (Å²) >= 11 is 0. The van der Waals surface area contributed by atoms with Crippen LogP contribution in [0.1, 0.15) is 52.0 Å². The molecule has 1 heterocycles. The lowest BCUT2D eigenvalue weighted by Gasteiger charge is -2.47. The van der Waals surface area contributed by atoms with Crippen molar-refractivity contribution < 1.29 is 0 Å². The standard InChI is InChI=1S/C17H24N2/c1-13(2)14-7-9-16(10-8-14)19-11-5-6-15(12-18)17(19,3)4/h7-10,13,15H,5-6,11H2,1-4H3. The topological polar surface area (TPSA) is 27.0 Å². The molecule has 1 aromatic rings. The van der Waals surface area contributed by atoms with Crippen LogP contribution in [0.3, 0.4) is 0 Å². The van der Waals surface area contributed by atoms with Crippen LogP contribution in [0.2, 0.25) is 0 Å². The molecule has 1 fully saturated rings. The molecule has 0 radical (unpaired) electrons. The summed E-state index contributed by atoms with van der Waals surface area (Å²) in [6.45, 7) is 9.86. The van der Waals surface area contributed by atoms with Crippen LogP contribution in [0.15, 0.2) is 24.3 Å². The lowest BCUT2D eigenvalue weighted by molar-refractivity contribution is 0.292. The molecule has 2 heteroatoms. The first-order valence-electron chi connectivity index (χ1n) is 7.24. The van der Waals surface area contributed by atoms with Gasteiger partial charge in [0.25, 0.3) is 0 Å². The van der Waals surface area contributed by atoms with Gasteiger partial charge in [-0.15, -0.1) is 0 Å². The van der Waals surface area contributed by atoms with Gasteiger partial charge in [-0.2, -0.15) is 5.26 Å². The van der Waals surface area contributed by atoms with Crippen molar-refractivity contribution in [2.24, 2.45) is 5.92 Å². The van der Waals surface area contributed by atoms with Crippen molar-refractivity contribution in [3.8, 4) is 6.07 Å². The van der Waals surface area contributed by atoms with Crippen LogP contribution in [0.4, 0.5) is 5.69 Å². The molecule has 1 saturated heterocycles. The highest BCUT2D eigenvalue weighted by Crippen LogP contribution is 2.36. The molecule has 0 aliphatic carbocycles. The monoisotopic (exact) mass is 256 g/mol. The Morgan fingerprint density at radius 2 is 1.89 bits per heavy atom. The molecule has 1 aromatic carbocycles. The summed E-state index contributed by atoms with van der Waals surface area (Å²) in [6, 6.07) is 11.3. The minimum Gasteiger partial charge on any atom is -0.365 e. The number of nitriles is 1. The van der Waals surface area contributed by atoms with Crippen LogP contribution < -0.4 is 4.90 Å². The average Bonchev–Trinajstić information content (AvgIpc) is 2.38. The molecule has 0 saturated carbocycles. The molecule has 19 heavy (non-hydrogen) atoms. The van der Waals surface area contributed by atoms with Crippen molar-refractivity contribution in [2.75, 3.05) is 11.4 Å². The van der Waals surface area contributed by atoms with Crippen molar-refractivity contribution in [3.63, 3.8) is 0 Å². The second-order valence-corrected chi connectivity index (χ2v) is 6.38. The van der Waals surface area contributed by atoms with Gasteiger partial charge >= 0.3 is 0 Å². The molecule has 1 aliphatic heterocycles. The summed E-state index contributed by atoms with van der Waals surface area (Å²) in [6.07, 6.45) is 2.12. The summed E-state index contributed by atoms with van der Waals surface area (Å²) < 4.78 is 0. The number of hydrogen-bond acceptors (Lipinski definition) is 2. The second kappa shape index (κ2) is 5.25. The Hall–Kier alpha value is -1.49. The lowest BCUT2D eigenvalue weighted by Crippen LogP contribution is -2.53. The van der Waals surface area contributed by atoms with Crippen LogP contribution in [0.5, 0.6) is 0 Å². The molecule has 1 unspecified atom stereocenters. The molecular weight excluding hydrogens is 232 g/mol. The first-order valence-corrected chi connectivity index (χ1v) is 7.24. The van der Waals surface area contributed by atoms with Gasteiger partial charge in [-0.1, -0.05) is 26.0 Å². The highest BCUT2D eigenvalue weighted by molar-refractivity contribution is 5.51. The van der Waals surface area contributed by atoms with E-state index in [-0.39, 0.29) is 11.5 Å². The van der Waals surface area contributed by atoms with Crippen molar-refractivity contribution in [1.29, 1.82) is 5.26 Å². The van der Waals surface area contributed by atoms with Gasteiger partial charge in [0.1, 0.15) is 0 Å². The van der Waals surface area contributed by atoms with Crippen LogP contribution in [0, 0.1) is 17.2 Å². The molecule has 1 aliphatic rings. The third kappa shape index (κ3) is 2.61. The number of anilines is 1. The summed E-state index contributed by atoms with van der Waals surface area (Å²) in [5.41, 5.74) is 2.54. The quantitative estimate of drug-likeness (QED) is 0.787. The van der Waals surface area contributed by atoms with Gasteiger partial charge in [0.2, 0.25) is 0 Å². The maximum absolute atomic E-state index is 9.33. The van der Waals surface area contributed by atoms with Gasteiger partial charge in [-0.25, -0.2) is 0 Å². The Bertz CT molecular complexity index is 465. The molecule has 0 aromatic heterocycles. The van der Waals surface area contributed by atoms with E-state index < -0.39 is 0 Å². The van der Waals surface area contributed by atoms with E-state index in [1.807, 2.05) is 0 Å². The molecular formula is C17H24N2. The van der Waals surface area contributed by atoms with Crippen LogP contribution in [-0.4, -0.2) is 12.1 Å². The summed E-state index contributed by atoms with van der Waals surface area (Å²) in [5, 5.41) is 9.33. The number of piperidine rings is 1. The Labute approximate surface area is 117 Å². The minimum absolute atomic E-state index is 0.0770. The van der Waals surface area contributed by atoms with E-state index >= 15 is 0 Å². The predicted octanol–water partition coefficient (Wildman–Crippen LogP) is 4.33. The number of rotatable bonds is 2. The van der Waals surface area contributed by atoms with E-state index in [1.165, 1.54) is 11.3 Å². The van der Waals surface area contributed by atoms with Crippen molar-refractivity contribution >= 4 is 5.69 Å². The first kappa shape index (κ1) is 13.9. The first-order chi connectivity index (χ1) is 8.96. The average molecular weight is 256 g/mol. The van der Waals surface area contributed by atoms with Crippen LogP contribution in [-0.2, 0) is 0 Å². The van der Waals surface area contributed by atoms with E-state index in [2.05, 4.69) is 62.9 Å². The Morgan fingerprint density at radius 3 is 2.42 bits per heavy atom. The fraction of sp³-hybridized carbons (Fsp3) is 0.588. The predicted molar refractivity (Wildman–Crippen MR) is 80.3 cm³/mol. The molecule has 0 spiro atoms. The van der Waals surface area contributed by atoms with E-state index in [4.69, 9.17) is 0 Å². The second-order valence-electron chi connectivity index (χ2n) is 6.38. The zero-order chi connectivity index (χ0) is 14.0. The maximum atomic E-state index is 9.33. The summed E-state index contributed by atoms with van der Waals surface area (Å²) in [4.78, 5) is 2.40. The summed E-state index contributed by atoms with van der Waals surface area (Å²) in [7, 11) is 0. The zero-order valence-electron chi connectivity index (χ0n) is 12.5. The Morgan fingerprint density at radius 1 is 1.26 bits per heavy atom. The molecule has 0 N–H and O–H groups in total. The van der Waals surface area contributed by atoms with Crippen LogP contribution >= 0.6 is 0 Å². The Balaban J connectivity index is 2.27. The van der Waals surface area contributed by atoms with Crippen LogP contribution in [0.25, 0.3) is 0 Å². The molecule has 2 nitrogen and oxygen atoms in total. The van der Waals surface area contributed by atoms with Crippen molar-refractivity contribution in [2.45, 2.75) is 52.0 Å². The third-order valence-corrected chi connectivity index (χ3v) is 4.45. The fourth-order valence-corrected chi connectivity index (χ4v) is 3.01. The highest BCUT2D eigenvalue weighted by atomic mass is 15.2. The maximum Gasteiger partial charge on any atom is 0.0690 e. The molecule has 1 atom stereocenters. The van der Waals surface area contributed by atoms with Gasteiger partial charge in [0.15, 0.2) is 0 Å². The number of benzene rings is 1. The van der Waals surface area contributed by atoms with Gasteiger partial charge in [-0.05, 0) is 50.3 Å². The smallest absolute Gasteiger partial charge is 0.0690 e. The van der Waals surface area contributed by atoms with Gasteiger partial charge < -0.3 is 4.90 Å². The molecule has 2 rings (SSSR count). The largest absolute Gasteiger partial charge is 0.365 e. The molecule has 0 amide bonds. The fourth-order valence-electron chi connectivity index (χ4n) is 3.01. The van der Waals surface area contributed by atoms with Crippen molar-refractivity contribution in [1.82, 2.24) is 0 Å². The molecule has 102 valence electrons.